The molecule has 0 spiro atoms. The van der Waals surface area contributed by atoms with Crippen molar-refractivity contribution < 1.29 is 17.2 Å². The van der Waals surface area contributed by atoms with Crippen LogP contribution in [0.5, 0.6) is 0 Å². The first-order chi connectivity index (χ1) is 12.9. The molecule has 8 heteroatoms. The standard InChI is InChI=1S/C19H19F2N3O2S/c20-14-2-1-3-16(8-14)27(25,26)18-12-24(11-13-4-6-22-7-5-13)17-9-15(21)10-23-19(17)18/h1-3,8-10,12-13,22H,4-7,11H2. The van der Waals surface area contributed by atoms with Crippen LogP contribution in [0.2, 0.25) is 0 Å². The second kappa shape index (κ2) is 7.01. The van der Waals surface area contributed by atoms with Crippen LogP contribution in [0.25, 0.3) is 11.0 Å². The summed E-state index contributed by atoms with van der Waals surface area (Å²) >= 11 is 0. The van der Waals surface area contributed by atoms with E-state index in [0.29, 0.717) is 18.0 Å². The third-order valence-corrected chi connectivity index (χ3v) is 6.71. The van der Waals surface area contributed by atoms with E-state index in [9.17, 15) is 17.2 Å². The predicted octanol–water partition coefficient (Wildman–Crippen LogP) is 3.15. The molecule has 1 N–H and O–H groups in total. The van der Waals surface area contributed by atoms with Crippen molar-refractivity contribution in [3.05, 3.63) is 54.4 Å². The van der Waals surface area contributed by atoms with Crippen LogP contribution in [-0.4, -0.2) is 31.1 Å². The molecule has 1 aliphatic rings. The fraction of sp³-hybridized carbons (Fsp3) is 0.316. The molecule has 0 saturated carbocycles. The Labute approximate surface area is 155 Å². The van der Waals surface area contributed by atoms with Crippen molar-refractivity contribution in [1.82, 2.24) is 14.9 Å². The van der Waals surface area contributed by atoms with Crippen molar-refractivity contribution in [2.24, 2.45) is 5.92 Å². The number of hydrogen-bond donors (Lipinski definition) is 1. The number of fused-ring (bicyclic) bond motifs is 1. The lowest BCUT2D eigenvalue weighted by Gasteiger charge is -2.23. The number of halogens is 2. The first-order valence-electron chi connectivity index (χ1n) is 8.81. The highest BCUT2D eigenvalue weighted by molar-refractivity contribution is 7.91. The van der Waals surface area contributed by atoms with Crippen molar-refractivity contribution in [2.45, 2.75) is 29.2 Å². The van der Waals surface area contributed by atoms with Crippen LogP contribution >= 0.6 is 0 Å². The minimum Gasteiger partial charge on any atom is -0.344 e. The summed E-state index contributed by atoms with van der Waals surface area (Å²) in [4.78, 5) is 3.85. The van der Waals surface area contributed by atoms with Gasteiger partial charge in [-0.2, -0.15) is 0 Å². The number of nitrogens with one attached hydrogen (secondary N) is 1. The van der Waals surface area contributed by atoms with Crippen LogP contribution in [0.1, 0.15) is 12.8 Å². The topological polar surface area (TPSA) is 64.0 Å². The minimum absolute atomic E-state index is 0.0305. The third-order valence-electron chi connectivity index (χ3n) is 4.96. The monoisotopic (exact) mass is 391 g/mol. The molecule has 0 aliphatic carbocycles. The van der Waals surface area contributed by atoms with Crippen molar-refractivity contribution >= 4 is 20.9 Å². The molecule has 1 aromatic carbocycles. The van der Waals surface area contributed by atoms with Gasteiger partial charge in [0.05, 0.1) is 16.6 Å². The Morgan fingerprint density at radius 2 is 1.93 bits per heavy atom. The fourth-order valence-corrected chi connectivity index (χ4v) is 5.02. The largest absolute Gasteiger partial charge is 0.344 e. The molecule has 3 heterocycles. The van der Waals surface area contributed by atoms with Gasteiger partial charge in [-0.25, -0.2) is 17.2 Å². The molecule has 0 unspecified atom stereocenters. The summed E-state index contributed by atoms with van der Waals surface area (Å²) in [6, 6.07) is 6.16. The number of pyridine rings is 1. The van der Waals surface area contributed by atoms with E-state index in [0.717, 1.165) is 38.2 Å². The van der Waals surface area contributed by atoms with Crippen LogP contribution in [0, 0.1) is 17.6 Å². The molecule has 5 nitrogen and oxygen atoms in total. The molecule has 1 saturated heterocycles. The smallest absolute Gasteiger partial charge is 0.210 e. The van der Waals surface area contributed by atoms with E-state index in [1.807, 2.05) is 0 Å². The van der Waals surface area contributed by atoms with Gasteiger partial charge in [0, 0.05) is 18.8 Å². The molecule has 1 aliphatic heterocycles. The van der Waals surface area contributed by atoms with E-state index in [1.165, 1.54) is 30.5 Å². The van der Waals surface area contributed by atoms with Crippen molar-refractivity contribution in [3.8, 4) is 0 Å². The lowest BCUT2D eigenvalue weighted by atomic mass is 9.98. The zero-order chi connectivity index (χ0) is 19.0. The second-order valence-corrected chi connectivity index (χ2v) is 8.74. The maximum atomic E-state index is 13.8. The highest BCUT2D eigenvalue weighted by atomic mass is 32.2. The second-order valence-electron chi connectivity index (χ2n) is 6.82. The van der Waals surface area contributed by atoms with Gasteiger partial charge >= 0.3 is 0 Å². The molecule has 0 amide bonds. The zero-order valence-electron chi connectivity index (χ0n) is 14.5. The molecule has 4 rings (SSSR count). The van der Waals surface area contributed by atoms with Gasteiger partial charge in [-0.05, 0) is 50.0 Å². The number of aromatic nitrogens is 2. The van der Waals surface area contributed by atoms with Gasteiger partial charge in [-0.1, -0.05) is 6.07 Å². The third kappa shape index (κ3) is 3.46. The molecule has 0 atom stereocenters. The van der Waals surface area contributed by atoms with Crippen molar-refractivity contribution in [1.29, 1.82) is 0 Å². The van der Waals surface area contributed by atoms with Crippen LogP contribution in [-0.2, 0) is 16.4 Å². The Morgan fingerprint density at radius 3 is 2.67 bits per heavy atom. The predicted molar refractivity (Wildman–Crippen MR) is 97.1 cm³/mol. The summed E-state index contributed by atoms with van der Waals surface area (Å²) in [7, 11) is -3.98. The molecule has 0 radical (unpaired) electrons. The number of hydrogen-bond acceptors (Lipinski definition) is 4. The highest BCUT2D eigenvalue weighted by Gasteiger charge is 2.26. The summed E-state index contributed by atoms with van der Waals surface area (Å²) in [5.74, 6) is -0.787. The summed E-state index contributed by atoms with van der Waals surface area (Å²) in [5, 5.41) is 3.29. The number of rotatable bonds is 4. The lowest BCUT2D eigenvalue weighted by Crippen LogP contribution is -2.29. The van der Waals surface area contributed by atoms with Gasteiger partial charge in [-0.15, -0.1) is 0 Å². The Balaban J connectivity index is 1.83. The van der Waals surface area contributed by atoms with Crippen molar-refractivity contribution in [2.75, 3.05) is 13.1 Å². The summed E-state index contributed by atoms with van der Waals surface area (Å²) in [5.41, 5.74) is 0.637. The molecule has 2 aromatic heterocycles. The average Bonchev–Trinajstić information content (AvgIpc) is 3.01. The van der Waals surface area contributed by atoms with E-state index < -0.39 is 21.5 Å². The maximum Gasteiger partial charge on any atom is 0.210 e. The number of piperidine rings is 1. The van der Waals surface area contributed by atoms with Crippen molar-refractivity contribution in [3.63, 3.8) is 0 Å². The zero-order valence-corrected chi connectivity index (χ0v) is 15.3. The van der Waals surface area contributed by atoms with Gasteiger partial charge in [0.2, 0.25) is 9.84 Å². The van der Waals surface area contributed by atoms with Gasteiger partial charge in [0.1, 0.15) is 22.0 Å². The lowest BCUT2D eigenvalue weighted by molar-refractivity contribution is 0.336. The summed E-state index contributed by atoms with van der Waals surface area (Å²) < 4.78 is 55.2. The number of benzene rings is 1. The Morgan fingerprint density at radius 1 is 1.15 bits per heavy atom. The van der Waals surface area contributed by atoms with Gasteiger partial charge < -0.3 is 9.88 Å². The SMILES string of the molecule is O=S(=O)(c1cccc(F)c1)c1cn(CC2CCNCC2)c2cc(F)cnc12. The fourth-order valence-electron chi connectivity index (χ4n) is 3.56. The Kier molecular flexibility index (Phi) is 4.69. The van der Waals surface area contributed by atoms with Crippen LogP contribution < -0.4 is 5.32 Å². The van der Waals surface area contributed by atoms with Gasteiger partial charge in [0.15, 0.2) is 0 Å². The summed E-state index contributed by atoms with van der Waals surface area (Å²) in [6.45, 7) is 2.40. The number of nitrogens with zero attached hydrogens (tertiary/aromatic N) is 2. The van der Waals surface area contributed by atoms with E-state index >= 15 is 0 Å². The highest BCUT2D eigenvalue weighted by Crippen LogP contribution is 2.30. The van der Waals surface area contributed by atoms with Crippen LogP contribution in [0.4, 0.5) is 8.78 Å². The minimum atomic E-state index is -3.98. The Hall–Kier alpha value is -2.32. The molecule has 27 heavy (non-hydrogen) atoms. The van der Waals surface area contributed by atoms with E-state index in [2.05, 4.69) is 10.3 Å². The van der Waals surface area contributed by atoms with E-state index in [-0.39, 0.29) is 15.3 Å². The van der Waals surface area contributed by atoms with Crippen LogP contribution in [0.15, 0.2) is 52.5 Å². The Bertz CT molecular complexity index is 1090. The first-order valence-corrected chi connectivity index (χ1v) is 10.3. The normalized spacial score (nSPS) is 16.1. The molecule has 3 aromatic rings. The molecular formula is C19H19F2N3O2S. The number of sulfone groups is 1. The molecule has 142 valence electrons. The average molecular weight is 391 g/mol. The van der Waals surface area contributed by atoms with E-state index in [1.54, 1.807) is 4.57 Å². The molecule has 0 bridgehead atoms. The molecular weight excluding hydrogens is 372 g/mol. The van der Waals surface area contributed by atoms with Crippen LogP contribution in [0.3, 0.4) is 0 Å². The van der Waals surface area contributed by atoms with Gasteiger partial charge in [-0.3, -0.25) is 4.98 Å². The van der Waals surface area contributed by atoms with E-state index in [4.69, 9.17) is 0 Å². The van der Waals surface area contributed by atoms with Gasteiger partial charge in [0.25, 0.3) is 0 Å². The molecule has 1 fully saturated rings. The first kappa shape index (κ1) is 18.1. The summed E-state index contributed by atoms with van der Waals surface area (Å²) in [6.07, 6.45) is 4.43. The maximum absolute atomic E-state index is 13.8. The quantitative estimate of drug-likeness (QED) is 0.742.